The van der Waals surface area contributed by atoms with Crippen LogP contribution >= 0.6 is 0 Å². The third-order valence-corrected chi connectivity index (χ3v) is 2.61. The SMILES string of the molecule is COCC(O)CN(C)C(=O)c1ccc(F)cc1C. The summed E-state index contributed by atoms with van der Waals surface area (Å²) in [6.07, 6.45) is -0.732. The van der Waals surface area contributed by atoms with Gasteiger partial charge in [-0.15, -0.1) is 0 Å². The van der Waals surface area contributed by atoms with Crippen LogP contribution in [-0.4, -0.2) is 49.3 Å². The van der Waals surface area contributed by atoms with Gasteiger partial charge < -0.3 is 14.7 Å². The minimum Gasteiger partial charge on any atom is -0.389 e. The molecule has 18 heavy (non-hydrogen) atoms. The van der Waals surface area contributed by atoms with Crippen LogP contribution in [0.5, 0.6) is 0 Å². The smallest absolute Gasteiger partial charge is 0.253 e. The van der Waals surface area contributed by atoms with Crippen molar-refractivity contribution < 1.29 is 19.0 Å². The van der Waals surface area contributed by atoms with Gasteiger partial charge in [0, 0.05) is 26.3 Å². The second-order valence-corrected chi connectivity index (χ2v) is 4.25. The van der Waals surface area contributed by atoms with E-state index in [1.54, 1.807) is 14.0 Å². The Morgan fingerprint density at radius 2 is 2.22 bits per heavy atom. The van der Waals surface area contributed by atoms with E-state index in [1.807, 2.05) is 0 Å². The molecule has 1 aromatic rings. The molecule has 100 valence electrons. The molecule has 0 radical (unpaired) electrons. The maximum absolute atomic E-state index is 12.9. The fourth-order valence-corrected chi connectivity index (χ4v) is 1.72. The van der Waals surface area contributed by atoms with Gasteiger partial charge in [0.05, 0.1) is 12.7 Å². The number of rotatable bonds is 5. The Morgan fingerprint density at radius 3 is 2.78 bits per heavy atom. The van der Waals surface area contributed by atoms with E-state index in [4.69, 9.17) is 4.74 Å². The van der Waals surface area contributed by atoms with Gasteiger partial charge in [-0.05, 0) is 30.7 Å². The molecule has 0 saturated heterocycles. The lowest BCUT2D eigenvalue weighted by atomic mass is 10.1. The number of likely N-dealkylation sites (N-methyl/N-ethyl adjacent to an activating group) is 1. The van der Waals surface area contributed by atoms with E-state index in [1.165, 1.54) is 30.2 Å². The summed E-state index contributed by atoms with van der Waals surface area (Å²) in [5.41, 5.74) is 1.01. The van der Waals surface area contributed by atoms with E-state index in [9.17, 15) is 14.3 Å². The molecule has 0 aliphatic rings. The molecule has 4 nitrogen and oxygen atoms in total. The van der Waals surface area contributed by atoms with Crippen molar-refractivity contribution in [3.05, 3.63) is 35.1 Å². The van der Waals surface area contributed by atoms with Crippen LogP contribution in [0.15, 0.2) is 18.2 Å². The molecule has 0 spiro atoms. The van der Waals surface area contributed by atoms with Crippen LogP contribution in [0.3, 0.4) is 0 Å². The molecule has 1 N–H and O–H groups in total. The van der Waals surface area contributed by atoms with Crippen molar-refractivity contribution >= 4 is 5.91 Å². The Morgan fingerprint density at radius 1 is 1.56 bits per heavy atom. The highest BCUT2D eigenvalue weighted by Gasteiger charge is 2.17. The maximum Gasteiger partial charge on any atom is 0.253 e. The van der Waals surface area contributed by atoms with Gasteiger partial charge in [-0.2, -0.15) is 0 Å². The molecule has 1 rings (SSSR count). The number of hydrogen-bond donors (Lipinski definition) is 1. The predicted molar refractivity (Wildman–Crippen MR) is 66.0 cm³/mol. The number of benzene rings is 1. The number of hydrogen-bond acceptors (Lipinski definition) is 3. The molecule has 5 heteroatoms. The van der Waals surface area contributed by atoms with E-state index in [0.29, 0.717) is 11.1 Å². The van der Waals surface area contributed by atoms with Crippen LogP contribution in [0.25, 0.3) is 0 Å². The molecular formula is C13H18FNO3. The second kappa shape index (κ2) is 6.47. The van der Waals surface area contributed by atoms with Gasteiger partial charge >= 0.3 is 0 Å². The fourth-order valence-electron chi connectivity index (χ4n) is 1.72. The van der Waals surface area contributed by atoms with Gasteiger partial charge in [0.25, 0.3) is 5.91 Å². The quantitative estimate of drug-likeness (QED) is 0.860. The van der Waals surface area contributed by atoms with Crippen LogP contribution in [-0.2, 0) is 4.74 Å². The number of nitrogens with zero attached hydrogens (tertiary/aromatic N) is 1. The number of methoxy groups -OCH3 is 1. The number of carbonyl (C=O) groups excluding carboxylic acids is 1. The predicted octanol–water partition coefficient (Wildman–Crippen LogP) is 1.21. The first-order valence-corrected chi connectivity index (χ1v) is 5.64. The summed E-state index contributed by atoms with van der Waals surface area (Å²) in [5, 5.41) is 9.55. The summed E-state index contributed by atoms with van der Waals surface area (Å²) in [6, 6.07) is 4.01. The number of halogens is 1. The molecule has 1 atom stereocenters. The lowest BCUT2D eigenvalue weighted by molar-refractivity contribution is 0.0380. The topological polar surface area (TPSA) is 49.8 Å². The number of aliphatic hydroxyl groups excluding tert-OH is 1. The summed E-state index contributed by atoms with van der Waals surface area (Å²) < 4.78 is 17.7. The van der Waals surface area contributed by atoms with Crippen molar-refractivity contribution in [2.45, 2.75) is 13.0 Å². The minimum atomic E-state index is -0.732. The zero-order valence-corrected chi connectivity index (χ0v) is 10.8. The number of carbonyl (C=O) groups is 1. The van der Waals surface area contributed by atoms with Crippen molar-refractivity contribution in [2.24, 2.45) is 0 Å². The average molecular weight is 255 g/mol. The Hall–Kier alpha value is -1.46. The molecular weight excluding hydrogens is 237 g/mol. The van der Waals surface area contributed by atoms with Gasteiger partial charge in [-0.1, -0.05) is 0 Å². The lowest BCUT2D eigenvalue weighted by Gasteiger charge is -2.21. The van der Waals surface area contributed by atoms with Crippen LogP contribution in [0.1, 0.15) is 15.9 Å². The molecule has 1 aromatic carbocycles. The van der Waals surface area contributed by atoms with Crippen LogP contribution in [0, 0.1) is 12.7 Å². The van der Waals surface area contributed by atoms with Gasteiger partial charge in [0.1, 0.15) is 5.82 Å². The number of ether oxygens (including phenoxy) is 1. The minimum absolute atomic E-state index is 0.167. The molecule has 0 aliphatic heterocycles. The van der Waals surface area contributed by atoms with E-state index in [2.05, 4.69) is 0 Å². The maximum atomic E-state index is 12.9. The normalized spacial score (nSPS) is 12.3. The lowest BCUT2D eigenvalue weighted by Crippen LogP contribution is -2.36. The molecule has 1 amide bonds. The van der Waals surface area contributed by atoms with E-state index in [-0.39, 0.29) is 24.9 Å². The van der Waals surface area contributed by atoms with Crippen molar-refractivity contribution in [1.29, 1.82) is 0 Å². The zero-order valence-electron chi connectivity index (χ0n) is 10.8. The first kappa shape index (κ1) is 14.6. The van der Waals surface area contributed by atoms with Crippen molar-refractivity contribution in [1.82, 2.24) is 4.90 Å². The summed E-state index contributed by atoms with van der Waals surface area (Å²) in [6.45, 7) is 2.01. The van der Waals surface area contributed by atoms with E-state index in [0.717, 1.165) is 0 Å². The zero-order chi connectivity index (χ0) is 13.7. The Balaban J connectivity index is 2.74. The molecule has 0 bridgehead atoms. The van der Waals surface area contributed by atoms with Gasteiger partial charge in [-0.3, -0.25) is 4.79 Å². The van der Waals surface area contributed by atoms with E-state index < -0.39 is 6.10 Å². The van der Waals surface area contributed by atoms with E-state index >= 15 is 0 Å². The molecule has 0 aromatic heterocycles. The summed E-state index contributed by atoms with van der Waals surface area (Å²) in [5.74, 6) is -0.617. The van der Waals surface area contributed by atoms with Crippen molar-refractivity contribution in [2.75, 3.05) is 27.3 Å². The fraction of sp³-hybridized carbons (Fsp3) is 0.462. The number of aliphatic hydroxyl groups is 1. The largest absolute Gasteiger partial charge is 0.389 e. The highest BCUT2D eigenvalue weighted by Crippen LogP contribution is 2.12. The van der Waals surface area contributed by atoms with Crippen molar-refractivity contribution in [3.63, 3.8) is 0 Å². The highest BCUT2D eigenvalue weighted by molar-refractivity contribution is 5.95. The molecule has 1 unspecified atom stereocenters. The molecule has 0 aliphatic carbocycles. The second-order valence-electron chi connectivity index (χ2n) is 4.25. The molecule has 0 fully saturated rings. The summed E-state index contributed by atoms with van der Waals surface area (Å²) in [4.78, 5) is 13.5. The highest BCUT2D eigenvalue weighted by atomic mass is 19.1. The van der Waals surface area contributed by atoms with Crippen LogP contribution < -0.4 is 0 Å². The van der Waals surface area contributed by atoms with Gasteiger partial charge in [0.15, 0.2) is 0 Å². The Kier molecular flexibility index (Phi) is 5.25. The first-order chi connectivity index (χ1) is 8.45. The first-order valence-electron chi connectivity index (χ1n) is 5.64. The third kappa shape index (κ3) is 3.78. The Labute approximate surface area is 106 Å². The summed E-state index contributed by atoms with van der Waals surface area (Å²) in [7, 11) is 3.07. The van der Waals surface area contributed by atoms with Crippen LogP contribution in [0.2, 0.25) is 0 Å². The molecule has 0 saturated carbocycles. The summed E-state index contributed by atoms with van der Waals surface area (Å²) >= 11 is 0. The average Bonchev–Trinajstić information content (AvgIpc) is 2.28. The van der Waals surface area contributed by atoms with Gasteiger partial charge in [0.2, 0.25) is 0 Å². The third-order valence-electron chi connectivity index (χ3n) is 2.61. The monoisotopic (exact) mass is 255 g/mol. The van der Waals surface area contributed by atoms with Crippen molar-refractivity contribution in [3.8, 4) is 0 Å². The Bertz CT molecular complexity index is 423. The van der Waals surface area contributed by atoms with Crippen LogP contribution in [0.4, 0.5) is 4.39 Å². The number of aryl methyl sites for hydroxylation is 1. The molecule has 0 heterocycles. The standard InChI is InChI=1S/C13H18FNO3/c1-9-6-10(14)4-5-12(9)13(17)15(2)7-11(16)8-18-3/h4-6,11,16H,7-8H2,1-3H3. The van der Waals surface area contributed by atoms with Gasteiger partial charge in [-0.25, -0.2) is 4.39 Å². The number of amides is 1.